The fraction of sp³-hybridized carbons (Fsp3) is 0.417. The van der Waals surface area contributed by atoms with E-state index in [1.54, 1.807) is 0 Å². The highest BCUT2D eigenvalue weighted by molar-refractivity contribution is 9.10. The standard InChI is InChI=1S/C12H15BrN4O3/c1-7-8(5-15-11(20-2)10(7)13)16-12(19)17-4-3-14-9(18)6-17/h5H,3-4,6H2,1-2H3,(H,14,18)(H,16,19). The van der Waals surface area contributed by atoms with E-state index in [-0.39, 0.29) is 18.5 Å². The molecule has 0 radical (unpaired) electrons. The Kier molecular flexibility index (Phi) is 4.43. The number of carbonyl (C=O) groups is 2. The fourth-order valence-corrected chi connectivity index (χ4v) is 2.31. The van der Waals surface area contributed by atoms with Gasteiger partial charge in [0, 0.05) is 13.1 Å². The zero-order valence-corrected chi connectivity index (χ0v) is 12.8. The number of nitrogens with zero attached hydrogens (tertiary/aromatic N) is 2. The van der Waals surface area contributed by atoms with Gasteiger partial charge in [0.05, 0.1) is 23.5 Å². The third-order valence-corrected chi connectivity index (χ3v) is 3.93. The molecule has 1 aromatic rings. The van der Waals surface area contributed by atoms with Gasteiger partial charge >= 0.3 is 6.03 Å². The molecule has 108 valence electrons. The van der Waals surface area contributed by atoms with Crippen LogP contribution in [0, 0.1) is 6.92 Å². The lowest BCUT2D eigenvalue weighted by atomic mass is 10.2. The molecule has 0 aromatic carbocycles. The largest absolute Gasteiger partial charge is 0.480 e. The molecular weight excluding hydrogens is 328 g/mol. The number of ether oxygens (including phenoxy) is 1. The first-order chi connectivity index (χ1) is 9.52. The summed E-state index contributed by atoms with van der Waals surface area (Å²) >= 11 is 3.37. The molecule has 1 fully saturated rings. The number of hydrogen-bond acceptors (Lipinski definition) is 4. The molecule has 0 spiro atoms. The van der Waals surface area contributed by atoms with Gasteiger partial charge in [-0.3, -0.25) is 4.79 Å². The SMILES string of the molecule is COc1ncc(NC(=O)N2CCNC(=O)C2)c(C)c1Br. The monoisotopic (exact) mass is 342 g/mol. The van der Waals surface area contributed by atoms with Gasteiger partial charge in [0.1, 0.15) is 6.54 Å². The van der Waals surface area contributed by atoms with Crippen LogP contribution in [0.3, 0.4) is 0 Å². The lowest BCUT2D eigenvalue weighted by molar-refractivity contribution is -0.123. The zero-order valence-electron chi connectivity index (χ0n) is 11.2. The topological polar surface area (TPSA) is 83.6 Å². The summed E-state index contributed by atoms with van der Waals surface area (Å²) in [6.07, 6.45) is 1.53. The number of pyridine rings is 1. The number of piperazine rings is 1. The van der Waals surface area contributed by atoms with Crippen LogP contribution in [0.1, 0.15) is 5.56 Å². The summed E-state index contributed by atoms with van der Waals surface area (Å²) in [5.41, 5.74) is 1.39. The van der Waals surface area contributed by atoms with Crippen LogP contribution in [0.15, 0.2) is 10.7 Å². The lowest BCUT2D eigenvalue weighted by Crippen LogP contribution is -2.51. The van der Waals surface area contributed by atoms with Crippen molar-refractivity contribution in [3.8, 4) is 5.88 Å². The van der Waals surface area contributed by atoms with E-state index in [4.69, 9.17) is 4.74 Å². The number of hydrogen-bond donors (Lipinski definition) is 2. The maximum absolute atomic E-state index is 12.1. The Balaban J connectivity index is 2.11. The number of methoxy groups -OCH3 is 1. The normalized spacial score (nSPS) is 14.8. The van der Waals surface area contributed by atoms with Crippen LogP contribution in [0.5, 0.6) is 5.88 Å². The van der Waals surface area contributed by atoms with E-state index in [1.165, 1.54) is 18.2 Å². The van der Waals surface area contributed by atoms with Gasteiger partial charge in [-0.2, -0.15) is 0 Å². The van der Waals surface area contributed by atoms with Crippen molar-refractivity contribution in [2.75, 3.05) is 32.1 Å². The Labute approximate surface area is 124 Å². The van der Waals surface area contributed by atoms with Crippen LogP contribution in [-0.4, -0.2) is 48.6 Å². The van der Waals surface area contributed by atoms with Crippen molar-refractivity contribution in [2.45, 2.75) is 6.92 Å². The number of carbonyl (C=O) groups excluding carboxylic acids is 2. The van der Waals surface area contributed by atoms with Gasteiger partial charge in [-0.1, -0.05) is 0 Å². The van der Waals surface area contributed by atoms with E-state index in [0.717, 1.165) is 5.56 Å². The summed E-state index contributed by atoms with van der Waals surface area (Å²) < 4.78 is 5.77. The number of rotatable bonds is 2. The Bertz CT molecular complexity index is 550. The molecular formula is C12H15BrN4O3. The van der Waals surface area contributed by atoms with Crippen LogP contribution in [0.4, 0.5) is 10.5 Å². The van der Waals surface area contributed by atoms with Gasteiger partial charge in [-0.05, 0) is 28.4 Å². The van der Waals surface area contributed by atoms with E-state index in [1.807, 2.05) is 6.92 Å². The molecule has 1 aliphatic heterocycles. The van der Waals surface area contributed by atoms with Crippen molar-refractivity contribution in [2.24, 2.45) is 0 Å². The molecule has 1 aliphatic rings. The molecule has 2 heterocycles. The van der Waals surface area contributed by atoms with Crippen LogP contribution in [0.2, 0.25) is 0 Å². The quantitative estimate of drug-likeness (QED) is 0.843. The second-order valence-corrected chi connectivity index (χ2v) is 5.11. The molecule has 0 bridgehead atoms. The molecule has 3 amide bonds. The third kappa shape index (κ3) is 3.01. The molecule has 0 unspecified atom stereocenters. The Morgan fingerprint density at radius 3 is 3.00 bits per heavy atom. The van der Waals surface area contributed by atoms with Crippen LogP contribution in [-0.2, 0) is 4.79 Å². The number of anilines is 1. The molecule has 0 saturated carbocycles. The van der Waals surface area contributed by atoms with E-state index >= 15 is 0 Å². The van der Waals surface area contributed by atoms with Crippen molar-refractivity contribution < 1.29 is 14.3 Å². The molecule has 20 heavy (non-hydrogen) atoms. The molecule has 1 saturated heterocycles. The van der Waals surface area contributed by atoms with Gasteiger partial charge in [0.2, 0.25) is 11.8 Å². The predicted octanol–water partition coefficient (Wildman–Crippen LogP) is 1.12. The minimum Gasteiger partial charge on any atom is -0.480 e. The summed E-state index contributed by atoms with van der Waals surface area (Å²) in [5.74, 6) is 0.301. The minimum atomic E-state index is -0.318. The van der Waals surface area contributed by atoms with Crippen LogP contribution < -0.4 is 15.4 Å². The Hall–Kier alpha value is -1.83. The summed E-state index contributed by atoms with van der Waals surface area (Å²) in [6.45, 7) is 2.86. The first-order valence-electron chi connectivity index (χ1n) is 6.04. The number of aromatic nitrogens is 1. The van der Waals surface area contributed by atoms with Crippen molar-refractivity contribution in [3.63, 3.8) is 0 Å². The molecule has 8 heteroatoms. The van der Waals surface area contributed by atoms with Gasteiger partial charge in [-0.25, -0.2) is 9.78 Å². The van der Waals surface area contributed by atoms with Crippen molar-refractivity contribution in [1.82, 2.24) is 15.2 Å². The molecule has 1 aromatic heterocycles. The smallest absolute Gasteiger partial charge is 0.322 e. The van der Waals surface area contributed by atoms with Gasteiger partial charge < -0.3 is 20.3 Å². The molecule has 0 atom stereocenters. The summed E-state index contributed by atoms with van der Waals surface area (Å²) in [7, 11) is 1.52. The highest BCUT2D eigenvalue weighted by Gasteiger charge is 2.22. The second-order valence-electron chi connectivity index (χ2n) is 4.32. The lowest BCUT2D eigenvalue weighted by Gasteiger charge is -2.27. The zero-order chi connectivity index (χ0) is 14.7. The minimum absolute atomic E-state index is 0.0651. The highest BCUT2D eigenvalue weighted by Crippen LogP contribution is 2.30. The Morgan fingerprint density at radius 1 is 1.60 bits per heavy atom. The van der Waals surface area contributed by atoms with Gasteiger partial charge in [0.15, 0.2) is 0 Å². The number of amides is 3. The summed E-state index contributed by atoms with van der Waals surface area (Å²) in [6, 6.07) is -0.318. The van der Waals surface area contributed by atoms with E-state index < -0.39 is 0 Å². The van der Waals surface area contributed by atoms with Gasteiger partial charge in [0.25, 0.3) is 0 Å². The van der Waals surface area contributed by atoms with Gasteiger partial charge in [-0.15, -0.1) is 0 Å². The van der Waals surface area contributed by atoms with Crippen molar-refractivity contribution >= 4 is 33.6 Å². The highest BCUT2D eigenvalue weighted by atomic mass is 79.9. The average Bonchev–Trinajstić information content (AvgIpc) is 2.44. The molecule has 7 nitrogen and oxygen atoms in total. The van der Waals surface area contributed by atoms with Crippen LogP contribution >= 0.6 is 15.9 Å². The molecule has 2 N–H and O–H groups in total. The fourth-order valence-electron chi connectivity index (χ4n) is 1.83. The maximum Gasteiger partial charge on any atom is 0.322 e. The maximum atomic E-state index is 12.1. The number of halogens is 1. The van der Waals surface area contributed by atoms with E-state index in [2.05, 4.69) is 31.5 Å². The number of nitrogens with one attached hydrogen (secondary N) is 2. The van der Waals surface area contributed by atoms with E-state index in [0.29, 0.717) is 29.1 Å². The predicted molar refractivity (Wildman–Crippen MR) is 76.8 cm³/mol. The Morgan fingerprint density at radius 2 is 2.35 bits per heavy atom. The van der Waals surface area contributed by atoms with Crippen LogP contribution in [0.25, 0.3) is 0 Å². The molecule has 0 aliphatic carbocycles. The van der Waals surface area contributed by atoms with Crippen molar-refractivity contribution in [1.29, 1.82) is 0 Å². The summed E-state index contributed by atoms with van der Waals surface area (Å²) in [5, 5.41) is 5.42. The third-order valence-electron chi connectivity index (χ3n) is 2.99. The first kappa shape index (κ1) is 14.6. The number of urea groups is 1. The second kappa shape index (κ2) is 6.08. The van der Waals surface area contributed by atoms with E-state index in [9.17, 15) is 9.59 Å². The average molecular weight is 343 g/mol. The van der Waals surface area contributed by atoms with Crippen molar-refractivity contribution in [3.05, 3.63) is 16.2 Å². The first-order valence-corrected chi connectivity index (χ1v) is 6.84. The summed E-state index contributed by atoms with van der Waals surface area (Å²) in [4.78, 5) is 28.9. The molecule has 2 rings (SSSR count).